The van der Waals surface area contributed by atoms with Crippen LogP contribution in [0.3, 0.4) is 0 Å². The Bertz CT molecular complexity index is 452. The third kappa shape index (κ3) is 4.40. The van der Waals surface area contributed by atoms with Gasteiger partial charge in [0.25, 0.3) is 0 Å². The summed E-state index contributed by atoms with van der Waals surface area (Å²) in [4.78, 5) is 1.91. The maximum absolute atomic E-state index is 13.8. The first-order valence-corrected chi connectivity index (χ1v) is 5.96. The number of nitrogens with two attached hydrogens (primary N) is 1. The van der Waals surface area contributed by atoms with Gasteiger partial charge in [-0.05, 0) is 13.1 Å². The Hall–Kier alpha value is -1.82. The van der Waals surface area contributed by atoms with Gasteiger partial charge >= 0.3 is 0 Å². The zero-order chi connectivity index (χ0) is 14.4. The second kappa shape index (κ2) is 6.94. The molecule has 0 bridgehead atoms. The standard InChI is InChI=1S/C13H20FN3O2/c1-9(13(15)16-18)7-17(2)8-10-4-5-11(19-3)6-12(10)14/h4-6,9,18H,7-8H2,1-3H3,(H2,15,16). The third-order valence-corrected chi connectivity index (χ3v) is 2.91. The fraction of sp³-hybridized carbons (Fsp3) is 0.462. The molecule has 1 unspecified atom stereocenters. The highest BCUT2D eigenvalue weighted by Crippen LogP contribution is 2.17. The minimum Gasteiger partial charge on any atom is -0.497 e. The minimum atomic E-state index is -0.303. The van der Waals surface area contributed by atoms with Crippen LogP contribution in [0.15, 0.2) is 23.4 Å². The molecular weight excluding hydrogens is 249 g/mol. The zero-order valence-electron chi connectivity index (χ0n) is 11.4. The second-order valence-electron chi connectivity index (χ2n) is 4.58. The number of hydrogen-bond acceptors (Lipinski definition) is 4. The third-order valence-electron chi connectivity index (χ3n) is 2.91. The van der Waals surface area contributed by atoms with Gasteiger partial charge in [-0.15, -0.1) is 0 Å². The SMILES string of the molecule is COc1ccc(CN(C)CC(C)/C(N)=N/O)c(F)c1. The maximum atomic E-state index is 13.8. The first-order chi connectivity index (χ1) is 8.97. The second-order valence-corrected chi connectivity index (χ2v) is 4.58. The van der Waals surface area contributed by atoms with Crippen LogP contribution >= 0.6 is 0 Å². The Morgan fingerprint density at radius 2 is 2.26 bits per heavy atom. The topological polar surface area (TPSA) is 71.1 Å². The molecule has 1 aromatic carbocycles. The van der Waals surface area contributed by atoms with E-state index in [1.807, 2.05) is 18.9 Å². The average molecular weight is 269 g/mol. The van der Waals surface area contributed by atoms with Crippen molar-refractivity contribution in [2.75, 3.05) is 20.7 Å². The highest BCUT2D eigenvalue weighted by Gasteiger charge is 2.13. The first-order valence-electron chi connectivity index (χ1n) is 5.96. The van der Waals surface area contributed by atoms with E-state index in [4.69, 9.17) is 15.7 Å². The molecule has 0 radical (unpaired) electrons. The van der Waals surface area contributed by atoms with Gasteiger partial charge in [-0.1, -0.05) is 18.1 Å². The van der Waals surface area contributed by atoms with Crippen molar-refractivity contribution < 1.29 is 14.3 Å². The number of rotatable bonds is 6. The Kier molecular flexibility index (Phi) is 5.57. The molecule has 19 heavy (non-hydrogen) atoms. The summed E-state index contributed by atoms with van der Waals surface area (Å²) in [7, 11) is 3.35. The Morgan fingerprint density at radius 1 is 1.58 bits per heavy atom. The van der Waals surface area contributed by atoms with E-state index in [-0.39, 0.29) is 17.6 Å². The van der Waals surface area contributed by atoms with E-state index in [0.29, 0.717) is 24.4 Å². The summed E-state index contributed by atoms with van der Waals surface area (Å²) >= 11 is 0. The average Bonchev–Trinajstić information content (AvgIpc) is 2.39. The highest BCUT2D eigenvalue weighted by atomic mass is 19.1. The summed E-state index contributed by atoms with van der Waals surface area (Å²) in [6.45, 7) is 2.86. The summed E-state index contributed by atoms with van der Waals surface area (Å²) in [5.74, 6) is 0.259. The van der Waals surface area contributed by atoms with Crippen molar-refractivity contribution in [1.29, 1.82) is 0 Å². The van der Waals surface area contributed by atoms with Crippen LogP contribution in [0.4, 0.5) is 4.39 Å². The van der Waals surface area contributed by atoms with Gasteiger partial charge in [-0.2, -0.15) is 0 Å². The summed E-state index contributed by atoms with van der Waals surface area (Å²) in [5.41, 5.74) is 6.09. The van der Waals surface area contributed by atoms with E-state index in [0.717, 1.165) is 0 Å². The molecule has 0 fully saturated rings. The summed E-state index contributed by atoms with van der Waals surface area (Å²) in [5, 5.41) is 11.5. The van der Waals surface area contributed by atoms with Gasteiger partial charge in [0.15, 0.2) is 0 Å². The molecule has 6 heteroatoms. The number of amidine groups is 1. The monoisotopic (exact) mass is 269 g/mol. The molecule has 5 nitrogen and oxygen atoms in total. The van der Waals surface area contributed by atoms with E-state index < -0.39 is 0 Å². The van der Waals surface area contributed by atoms with Gasteiger partial charge in [-0.25, -0.2) is 4.39 Å². The summed E-state index contributed by atoms with van der Waals surface area (Å²) in [6, 6.07) is 4.77. The largest absolute Gasteiger partial charge is 0.497 e. The molecule has 0 aliphatic rings. The normalized spacial score (nSPS) is 13.6. The number of nitrogens with zero attached hydrogens (tertiary/aromatic N) is 2. The molecule has 3 N–H and O–H groups in total. The van der Waals surface area contributed by atoms with Gasteiger partial charge in [0, 0.05) is 30.6 Å². The quantitative estimate of drug-likeness (QED) is 0.356. The van der Waals surface area contributed by atoms with Gasteiger partial charge in [0.05, 0.1) is 7.11 Å². The van der Waals surface area contributed by atoms with Crippen LogP contribution in [0.2, 0.25) is 0 Å². The molecule has 106 valence electrons. The van der Waals surface area contributed by atoms with Gasteiger partial charge in [0.2, 0.25) is 0 Å². The van der Waals surface area contributed by atoms with Gasteiger partial charge < -0.3 is 20.6 Å². The van der Waals surface area contributed by atoms with Crippen molar-refractivity contribution in [1.82, 2.24) is 4.90 Å². The molecule has 1 atom stereocenters. The zero-order valence-corrected chi connectivity index (χ0v) is 11.4. The number of methoxy groups -OCH3 is 1. The number of benzene rings is 1. The molecule has 0 heterocycles. The van der Waals surface area contributed by atoms with Crippen molar-refractivity contribution >= 4 is 5.84 Å². The van der Waals surface area contributed by atoms with E-state index >= 15 is 0 Å². The number of hydrogen-bond donors (Lipinski definition) is 2. The molecule has 0 amide bonds. The highest BCUT2D eigenvalue weighted by molar-refractivity contribution is 5.82. The van der Waals surface area contributed by atoms with Crippen LogP contribution in [-0.2, 0) is 6.54 Å². The van der Waals surface area contributed by atoms with Crippen molar-refractivity contribution in [2.24, 2.45) is 16.8 Å². The van der Waals surface area contributed by atoms with Gasteiger partial charge in [-0.3, -0.25) is 0 Å². The fourth-order valence-electron chi connectivity index (χ4n) is 1.80. The van der Waals surface area contributed by atoms with Crippen LogP contribution < -0.4 is 10.5 Å². The van der Waals surface area contributed by atoms with Crippen LogP contribution in [0.25, 0.3) is 0 Å². The number of oxime groups is 1. The lowest BCUT2D eigenvalue weighted by Crippen LogP contribution is -2.32. The van der Waals surface area contributed by atoms with Crippen molar-refractivity contribution in [3.05, 3.63) is 29.6 Å². The molecular formula is C13H20FN3O2. The van der Waals surface area contributed by atoms with Crippen LogP contribution in [0, 0.1) is 11.7 Å². The van der Waals surface area contributed by atoms with E-state index in [9.17, 15) is 4.39 Å². The maximum Gasteiger partial charge on any atom is 0.143 e. The first kappa shape index (κ1) is 15.2. The van der Waals surface area contributed by atoms with Crippen LogP contribution in [-0.4, -0.2) is 36.6 Å². The minimum absolute atomic E-state index is 0.101. The lowest BCUT2D eigenvalue weighted by molar-refractivity contribution is 0.287. The Balaban J connectivity index is 2.64. The van der Waals surface area contributed by atoms with Crippen molar-refractivity contribution in [2.45, 2.75) is 13.5 Å². The van der Waals surface area contributed by atoms with Crippen molar-refractivity contribution in [3.8, 4) is 5.75 Å². The van der Waals surface area contributed by atoms with Crippen molar-refractivity contribution in [3.63, 3.8) is 0 Å². The predicted octanol–water partition coefficient (Wildman–Crippen LogP) is 1.65. The van der Waals surface area contributed by atoms with E-state index in [2.05, 4.69) is 5.16 Å². The molecule has 0 aliphatic carbocycles. The molecule has 0 aliphatic heterocycles. The molecule has 0 saturated heterocycles. The van der Waals surface area contributed by atoms with Crippen LogP contribution in [0.5, 0.6) is 5.75 Å². The number of ether oxygens (including phenoxy) is 1. The fourth-order valence-corrected chi connectivity index (χ4v) is 1.80. The van der Waals surface area contributed by atoms with Gasteiger partial charge in [0.1, 0.15) is 17.4 Å². The molecule has 0 aromatic heterocycles. The van der Waals surface area contributed by atoms with Crippen LogP contribution in [0.1, 0.15) is 12.5 Å². The number of halogens is 1. The predicted molar refractivity (Wildman–Crippen MR) is 71.9 cm³/mol. The lowest BCUT2D eigenvalue weighted by Gasteiger charge is -2.20. The lowest BCUT2D eigenvalue weighted by atomic mass is 10.1. The smallest absolute Gasteiger partial charge is 0.143 e. The molecule has 0 spiro atoms. The summed E-state index contributed by atoms with van der Waals surface area (Å²) in [6.07, 6.45) is 0. The van der Waals surface area contributed by atoms with E-state index in [1.54, 1.807) is 12.1 Å². The molecule has 1 aromatic rings. The van der Waals surface area contributed by atoms with E-state index in [1.165, 1.54) is 13.2 Å². The Labute approximate surface area is 112 Å². The Morgan fingerprint density at radius 3 is 2.79 bits per heavy atom. The molecule has 0 saturated carbocycles. The molecule has 1 rings (SSSR count). The summed E-state index contributed by atoms with van der Waals surface area (Å²) < 4.78 is 18.7.